The Labute approximate surface area is 125 Å². The number of hydrogen-bond acceptors (Lipinski definition) is 2. The number of carbonyl (C=O) groups is 2. The van der Waals surface area contributed by atoms with Gasteiger partial charge in [0.1, 0.15) is 0 Å². The van der Waals surface area contributed by atoms with E-state index >= 15 is 0 Å². The number of benzene rings is 1. The maximum atomic E-state index is 12.2. The predicted octanol–water partition coefficient (Wildman–Crippen LogP) is 3.25. The third kappa shape index (κ3) is 2.94. The van der Waals surface area contributed by atoms with Crippen molar-refractivity contribution >= 4 is 23.2 Å². The highest BCUT2D eigenvalue weighted by Crippen LogP contribution is 2.30. The highest BCUT2D eigenvalue weighted by molar-refractivity contribution is 5.98. The molecule has 1 heterocycles. The van der Waals surface area contributed by atoms with Gasteiger partial charge in [-0.1, -0.05) is 18.9 Å². The normalized spacial score (nSPS) is 19.3. The number of anilines is 2. The minimum absolute atomic E-state index is 0.120. The Kier molecular flexibility index (Phi) is 3.95. The van der Waals surface area contributed by atoms with Crippen LogP contribution in [0.15, 0.2) is 18.2 Å². The minimum Gasteiger partial charge on any atom is -0.326 e. The summed E-state index contributed by atoms with van der Waals surface area (Å²) >= 11 is 0. The van der Waals surface area contributed by atoms with Gasteiger partial charge in [0.15, 0.2) is 0 Å². The fraction of sp³-hybridized carbons (Fsp3) is 0.529. The van der Waals surface area contributed by atoms with Crippen LogP contribution in [0.25, 0.3) is 0 Å². The number of amides is 2. The number of nitrogens with one attached hydrogen (secondary N) is 1. The summed E-state index contributed by atoms with van der Waals surface area (Å²) in [5.74, 6) is 0.454. The van der Waals surface area contributed by atoms with E-state index in [9.17, 15) is 9.59 Å². The van der Waals surface area contributed by atoms with Crippen molar-refractivity contribution < 1.29 is 9.59 Å². The molecule has 4 heteroatoms. The van der Waals surface area contributed by atoms with Crippen LogP contribution in [0.5, 0.6) is 0 Å². The summed E-state index contributed by atoms with van der Waals surface area (Å²) in [7, 11) is 0. The van der Waals surface area contributed by atoms with Gasteiger partial charge >= 0.3 is 0 Å². The van der Waals surface area contributed by atoms with Crippen LogP contribution in [0.1, 0.15) is 44.1 Å². The van der Waals surface area contributed by atoms with Crippen LogP contribution >= 0.6 is 0 Å². The van der Waals surface area contributed by atoms with E-state index < -0.39 is 0 Å². The second kappa shape index (κ2) is 5.88. The van der Waals surface area contributed by atoms with Crippen molar-refractivity contribution in [1.29, 1.82) is 0 Å². The zero-order chi connectivity index (χ0) is 14.8. The van der Waals surface area contributed by atoms with E-state index in [1.54, 1.807) is 0 Å². The molecule has 0 radical (unpaired) electrons. The maximum Gasteiger partial charge on any atom is 0.227 e. The Morgan fingerprint density at radius 3 is 2.67 bits per heavy atom. The van der Waals surface area contributed by atoms with Crippen LogP contribution in [0.3, 0.4) is 0 Å². The van der Waals surface area contributed by atoms with E-state index in [0.717, 1.165) is 55.6 Å². The number of aryl methyl sites for hydroxylation is 1. The molecule has 0 unspecified atom stereocenters. The molecule has 0 spiro atoms. The largest absolute Gasteiger partial charge is 0.326 e. The molecule has 2 fully saturated rings. The van der Waals surface area contributed by atoms with Crippen molar-refractivity contribution in [2.75, 3.05) is 16.8 Å². The van der Waals surface area contributed by atoms with Crippen molar-refractivity contribution in [2.45, 2.75) is 45.4 Å². The lowest BCUT2D eigenvalue weighted by Gasteiger charge is -2.20. The molecule has 1 N–H and O–H groups in total. The molecule has 1 aromatic carbocycles. The third-order valence-corrected chi connectivity index (χ3v) is 4.57. The molecular weight excluding hydrogens is 264 g/mol. The van der Waals surface area contributed by atoms with Crippen molar-refractivity contribution in [2.24, 2.45) is 5.92 Å². The number of nitrogens with zero attached hydrogens (tertiary/aromatic N) is 1. The van der Waals surface area contributed by atoms with E-state index in [1.165, 1.54) is 0 Å². The fourth-order valence-electron chi connectivity index (χ4n) is 3.31. The van der Waals surface area contributed by atoms with Gasteiger partial charge in [-0.2, -0.15) is 0 Å². The molecule has 21 heavy (non-hydrogen) atoms. The standard InChI is InChI=1S/C17H22N2O2/c1-12-8-9-14(18-17(21)13-5-2-3-6-13)11-15(12)19-10-4-7-16(19)20/h8-9,11,13H,2-7,10H2,1H3,(H,18,21). The van der Waals surface area contributed by atoms with Gasteiger partial charge in [-0.25, -0.2) is 0 Å². The molecule has 0 bridgehead atoms. The van der Waals surface area contributed by atoms with E-state index in [-0.39, 0.29) is 17.7 Å². The van der Waals surface area contributed by atoms with Crippen LogP contribution < -0.4 is 10.2 Å². The second-order valence-electron chi connectivity index (χ2n) is 6.12. The average Bonchev–Trinajstić information content (AvgIpc) is 3.12. The van der Waals surface area contributed by atoms with Gasteiger partial charge in [0.2, 0.25) is 11.8 Å². The lowest BCUT2D eigenvalue weighted by atomic mass is 10.1. The molecule has 1 saturated carbocycles. The fourth-order valence-corrected chi connectivity index (χ4v) is 3.31. The molecule has 112 valence electrons. The van der Waals surface area contributed by atoms with Crippen LogP contribution in [0.4, 0.5) is 11.4 Å². The summed E-state index contributed by atoms with van der Waals surface area (Å²) in [6.45, 7) is 2.78. The van der Waals surface area contributed by atoms with Crippen molar-refractivity contribution in [3.05, 3.63) is 23.8 Å². The Hall–Kier alpha value is -1.84. The molecule has 2 aliphatic rings. The first-order chi connectivity index (χ1) is 10.1. The molecule has 1 aliphatic heterocycles. The monoisotopic (exact) mass is 286 g/mol. The molecule has 0 aromatic heterocycles. The molecule has 1 aromatic rings. The summed E-state index contributed by atoms with van der Waals surface area (Å²) in [6.07, 6.45) is 5.83. The van der Waals surface area contributed by atoms with Gasteiger partial charge in [-0.05, 0) is 43.9 Å². The van der Waals surface area contributed by atoms with E-state index in [4.69, 9.17) is 0 Å². The number of hydrogen-bond donors (Lipinski definition) is 1. The second-order valence-corrected chi connectivity index (χ2v) is 6.12. The van der Waals surface area contributed by atoms with Gasteiger partial charge in [-0.15, -0.1) is 0 Å². The quantitative estimate of drug-likeness (QED) is 0.927. The summed E-state index contributed by atoms with van der Waals surface area (Å²) in [4.78, 5) is 25.9. The first-order valence-corrected chi connectivity index (χ1v) is 7.87. The van der Waals surface area contributed by atoms with Gasteiger partial charge in [0.25, 0.3) is 0 Å². The molecule has 0 atom stereocenters. The number of rotatable bonds is 3. The van der Waals surface area contributed by atoms with E-state index in [1.807, 2.05) is 30.0 Å². The predicted molar refractivity (Wildman–Crippen MR) is 83.4 cm³/mol. The van der Waals surface area contributed by atoms with E-state index in [2.05, 4.69) is 5.32 Å². The van der Waals surface area contributed by atoms with Crippen LogP contribution in [-0.2, 0) is 9.59 Å². The molecule has 1 aliphatic carbocycles. The van der Waals surface area contributed by atoms with Gasteiger partial charge in [-0.3, -0.25) is 9.59 Å². The summed E-state index contributed by atoms with van der Waals surface area (Å²) in [5.41, 5.74) is 2.80. The van der Waals surface area contributed by atoms with Gasteiger partial charge < -0.3 is 10.2 Å². The first-order valence-electron chi connectivity index (χ1n) is 7.87. The SMILES string of the molecule is Cc1ccc(NC(=O)C2CCCC2)cc1N1CCCC1=O. The zero-order valence-corrected chi connectivity index (χ0v) is 12.5. The summed E-state index contributed by atoms with van der Waals surface area (Å²) in [5, 5.41) is 3.01. The van der Waals surface area contributed by atoms with Gasteiger partial charge in [0, 0.05) is 30.3 Å². The minimum atomic E-state index is 0.120. The smallest absolute Gasteiger partial charge is 0.227 e. The Bertz CT molecular complexity index is 562. The summed E-state index contributed by atoms with van der Waals surface area (Å²) < 4.78 is 0. The Balaban J connectivity index is 1.77. The number of carbonyl (C=O) groups excluding carboxylic acids is 2. The maximum absolute atomic E-state index is 12.2. The Morgan fingerprint density at radius 1 is 1.24 bits per heavy atom. The topological polar surface area (TPSA) is 49.4 Å². The van der Waals surface area contributed by atoms with Crippen LogP contribution in [-0.4, -0.2) is 18.4 Å². The third-order valence-electron chi connectivity index (χ3n) is 4.57. The van der Waals surface area contributed by atoms with E-state index in [0.29, 0.717) is 6.42 Å². The molecule has 4 nitrogen and oxygen atoms in total. The highest BCUT2D eigenvalue weighted by Gasteiger charge is 2.25. The van der Waals surface area contributed by atoms with Crippen molar-refractivity contribution in [1.82, 2.24) is 0 Å². The van der Waals surface area contributed by atoms with Crippen LogP contribution in [0.2, 0.25) is 0 Å². The zero-order valence-electron chi connectivity index (χ0n) is 12.5. The Morgan fingerprint density at radius 2 is 2.00 bits per heavy atom. The summed E-state index contributed by atoms with van der Waals surface area (Å²) in [6, 6.07) is 5.84. The lowest BCUT2D eigenvalue weighted by molar-refractivity contribution is -0.119. The average molecular weight is 286 g/mol. The lowest BCUT2D eigenvalue weighted by Crippen LogP contribution is -2.25. The van der Waals surface area contributed by atoms with Crippen LogP contribution in [0, 0.1) is 12.8 Å². The molecule has 2 amide bonds. The van der Waals surface area contributed by atoms with Crippen molar-refractivity contribution in [3.63, 3.8) is 0 Å². The molecular formula is C17H22N2O2. The molecule has 1 saturated heterocycles. The molecule has 3 rings (SSSR count). The van der Waals surface area contributed by atoms with Gasteiger partial charge in [0.05, 0.1) is 0 Å². The van der Waals surface area contributed by atoms with Crippen molar-refractivity contribution in [3.8, 4) is 0 Å². The first kappa shape index (κ1) is 14.1. The highest BCUT2D eigenvalue weighted by atomic mass is 16.2.